The third-order valence-corrected chi connectivity index (χ3v) is 12.4. The summed E-state index contributed by atoms with van der Waals surface area (Å²) in [6.07, 6.45) is 5.40. The molecule has 0 unspecified atom stereocenters. The fraction of sp³-hybridized carbons (Fsp3) is 0.760. The molecule has 0 amide bonds. The van der Waals surface area contributed by atoms with Crippen molar-refractivity contribution in [3.05, 3.63) is 23.8 Å². The van der Waals surface area contributed by atoms with Crippen LogP contribution < -0.4 is 0 Å². The van der Waals surface area contributed by atoms with Crippen molar-refractivity contribution in [2.75, 3.05) is 11.5 Å². The molecular formula is C25H35FO4S2. The van der Waals surface area contributed by atoms with Crippen molar-refractivity contribution in [1.29, 1.82) is 0 Å². The van der Waals surface area contributed by atoms with E-state index in [4.69, 9.17) is 4.74 Å². The number of allylic oxidation sites excluding steroid dienone is 4. The molecule has 3 saturated carbocycles. The molecule has 0 aromatic rings. The molecule has 7 atom stereocenters. The van der Waals surface area contributed by atoms with Crippen LogP contribution in [0.1, 0.15) is 60.3 Å². The highest BCUT2D eigenvalue weighted by molar-refractivity contribution is 8.18. The van der Waals surface area contributed by atoms with Crippen LogP contribution in [-0.2, 0) is 14.3 Å². The van der Waals surface area contributed by atoms with Crippen LogP contribution in [0.15, 0.2) is 23.8 Å². The molecule has 4 aliphatic carbocycles. The van der Waals surface area contributed by atoms with Crippen LogP contribution in [0.4, 0.5) is 4.39 Å². The van der Waals surface area contributed by atoms with Crippen LogP contribution in [0, 0.1) is 22.7 Å². The van der Waals surface area contributed by atoms with Crippen molar-refractivity contribution in [2.24, 2.45) is 22.7 Å². The first-order valence-electron chi connectivity index (χ1n) is 11.8. The number of hydrogen-bond acceptors (Lipinski definition) is 6. The Hall–Kier alpha value is -0.790. The summed E-state index contributed by atoms with van der Waals surface area (Å²) < 4.78 is 23.0. The normalized spacial score (nSPS) is 44.3. The van der Waals surface area contributed by atoms with E-state index in [9.17, 15) is 14.7 Å². The van der Waals surface area contributed by atoms with E-state index in [2.05, 4.69) is 20.8 Å². The fourth-order valence-electron chi connectivity index (χ4n) is 7.46. The number of hydrogen-bond donors (Lipinski definition) is 1. The molecule has 0 aromatic heterocycles. The number of carbonyl (C=O) groups excluding carboxylic acids is 2. The van der Waals surface area contributed by atoms with Crippen molar-refractivity contribution >= 4 is 35.3 Å². The van der Waals surface area contributed by atoms with Gasteiger partial charge < -0.3 is 9.84 Å². The van der Waals surface area contributed by atoms with Crippen LogP contribution in [0.5, 0.6) is 0 Å². The van der Waals surface area contributed by atoms with Gasteiger partial charge in [0.1, 0.15) is 6.10 Å². The van der Waals surface area contributed by atoms with Crippen LogP contribution in [0.3, 0.4) is 0 Å². The summed E-state index contributed by atoms with van der Waals surface area (Å²) in [5.74, 6) is 0.711. The van der Waals surface area contributed by atoms with Gasteiger partial charge in [0.25, 0.3) is 0 Å². The van der Waals surface area contributed by atoms with Gasteiger partial charge in [-0.1, -0.05) is 32.4 Å². The van der Waals surface area contributed by atoms with Gasteiger partial charge in [-0.25, -0.2) is 4.39 Å². The molecule has 32 heavy (non-hydrogen) atoms. The van der Waals surface area contributed by atoms with Crippen molar-refractivity contribution < 1.29 is 23.8 Å². The van der Waals surface area contributed by atoms with Gasteiger partial charge in [0, 0.05) is 23.7 Å². The molecule has 0 radical (unpaired) electrons. The fourth-order valence-corrected chi connectivity index (χ4v) is 11.1. The Balaban J connectivity index is 1.88. The van der Waals surface area contributed by atoms with E-state index in [1.165, 1.54) is 13.0 Å². The highest BCUT2D eigenvalue weighted by Gasteiger charge is 2.76. The molecule has 0 bridgehead atoms. The van der Waals surface area contributed by atoms with E-state index in [1.807, 2.05) is 6.92 Å². The summed E-state index contributed by atoms with van der Waals surface area (Å²) in [4.78, 5) is 24.3. The largest absolute Gasteiger partial charge is 0.459 e. The number of fused-ring (bicyclic) bond motifs is 5. The third-order valence-electron chi connectivity index (χ3n) is 8.74. The van der Waals surface area contributed by atoms with E-state index in [0.717, 1.165) is 17.1 Å². The minimum absolute atomic E-state index is 0.0307. The SMILES string of the molecule is CCSC1(SCC)[C@H](O)C[C@H]2[C@@H]3CCC4=CC(=O)C=C[C@]4(C)[C@@]3(F)[C@@H](OC(C)=O)C[C@@]21C. The molecule has 0 aliphatic heterocycles. The topological polar surface area (TPSA) is 63.6 Å². The van der Waals surface area contributed by atoms with Crippen molar-refractivity contribution in [3.8, 4) is 0 Å². The number of carbonyl (C=O) groups is 2. The van der Waals surface area contributed by atoms with Gasteiger partial charge in [0.15, 0.2) is 11.5 Å². The molecule has 178 valence electrons. The maximum absolute atomic E-state index is 17.7. The van der Waals surface area contributed by atoms with Crippen LogP contribution in [0.25, 0.3) is 0 Å². The van der Waals surface area contributed by atoms with Crippen molar-refractivity contribution in [1.82, 2.24) is 0 Å². The van der Waals surface area contributed by atoms with E-state index in [1.54, 1.807) is 35.7 Å². The predicted molar refractivity (Wildman–Crippen MR) is 128 cm³/mol. The first-order chi connectivity index (χ1) is 15.0. The van der Waals surface area contributed by atoms with Crippen molar-refractivity contribution in [2.45, 2.75) is 82.3 Å². The molecule has 4 rings (SSSR count). The molecule has 0 spiro atoms. The average Bonchev–Trinajstić information content (AvgIpc) is 2.91. The Kier molecular flexibility index (Phi) is 6.20. The highest BCUT2D eigenvalue weighted by atomic mass is 32.2. The van der Waals surface area contributed by atoms with Crippen LogP contribution in [-0.4, -0.2) is 50.3 Å². The average molecular weight is 483 g/mol. The Morgan fingerprint density at radius 3 is 2.50 bits per heavy atom. The molecule has 4 nitrogen and oxygen atoms in total. The summed E-state index contributed by atoms with van der Waals surface area (Å²) in [6, 6.07) is 0. The van der Waals surface area contributed by atoms with Crippen LogP contribution in [0.2, 0.25) is 0 Å². The Bertz CT molecular complexity index is 866. The predicted octanol–water partition coefficient (Wildman–Crippen LogP) is 5.10. The number of esters is 1. The van der Waals surface area contributed by atoms with Gasteiger partial charge in [-0.2, -0.15) is 0 Å². The quantitative estimate of drug-likeness (QED) is 0.434. The standard InChI is InChI=1S/C25H35FO4S2/c1-6-31-25(32-7-2)20(29)13-19-18-9-8-16-12-17(28)10-11-22(16,4)24(18,26)21(30-15(3)27)14-23(19,25)5/h10-12,18-21,29H,6-9,13-14H2,1-5H3/t18-,19-,20+,21-,22-,23-,24-/m0/s1. The first-order valence-corrected chi connectivity index (χ1v) is 13.7. The monoisotopic (exact) mass is 482 g/mol. The number of thioether (sulfide) groups is 2. The maximum atomic E-state index is 17.7. The summed E-state index contributed by atoms with van der Waals surface area (Å²) >= 11 is 3.53. The molecule has 1 N–H and O–H groups in total. The summed E-state index contributed by atoms with van der Waals surface area (Å²) in [7, 11) is 0. The second-order valence-corrected chi connectivity index (χ2v) is 13.4. The second kappa shape index (κ2) is 8.16. The first kappa shape index (κ1) is 24.3. The number of rotatable bonds is 5. The minimum atomic E-state index is -1.83. The minimum Gasteiger partial charge on any atom is -0.459 e. The van der Waals surface area contributed by atoms with Gasteiger partial charge in [0.2, 0.25) is 0 Å². The van der Waals surface area contributed by atoms with E-state index in [-0.39, 0.29) is 23.0 Å². The highest BCUT2D eigenvalue weighted by Crippen LogP contribution is 2.74. The lowest BCUT2D eigenvalue weighted by Crippen LogP contribution is -2.68. The Labute approximate surface area is 199 Å². The summed E-state index contributed by atoms with van der Waals surface area (Å²) in [6.45, 7) is 9.57. The number of aliphatic hydroxyl groups is 1. The van der Waals surface area contributed by atoms with E-state index in [0.29, 0.717) is 25.7 Å². The van der Waals surface area contributed by atoms with Gasteiger partial charge in [-0.05, 0) is 62.2 Å². The zero-order chi connectivity index (χ0) is 23.5. The third kappa shape index (κ3) is 3.06. The van der Waals surface area contributed by atoms with Gasteiger partial charge in [-0.3, -0.25) is 9.59 Å². The summed E-state index contributed by atoms with van der Waals surface area (Å²) in [5, 5.41) is 11.4. The molecule has 4 aliphatic rings. The molecule has 0 aromatic carbocycles. The Morgan fingerprint density at radius 2 is 1.91 bits per heavy atom. The number of ketones is 1. The number of alkyl halides is 1. The van der Waals surface area contributed by atoms with Gasteiger partial charge >= 0.3 is 5.97 Å². The summed E-state index contributed by atoms with van der Waals surface area (Å²) in [5.41, 5.74) is -2.43. The van der Waals surface area contributed by atoms with Crippen molar-refractivity contribution in [3.63, 3.8) is 0 Å². The smallest absolute Gasteiger partial charge is 0.303 e. The number of halogens is 1. The zero-order valence-corrected chi connectivity index (χ0v) is 21.3. The second-order valence-electron chi connectivity index (χ2n) is 10.1. The molecule has 3 fully saturated rings. The lowest BCUT2D eigenvalue weighted by molar-refractivity contribution is -0.209. The molecule has 0 heterocycles. The number of aliphatic hydroxyl groups excluding tert-OH is 1. The molecule has 0 saturated heterocycles. The zero-order valence-electron chi connectivity index (χ0n) is 19.7. The lowest BCUT2D eigenvalue weighted by atomic mass is 9.46. The lowest BCUT2D eigenvalue weighted by Gasteiger charge is -2.63. The van der Waals surface area contributed by atoms with Gasteiger partial charge in [0.05, 0.1) is 10.2 Å². The van der Waals surface area contributed by atoms with E-state index >= 15 is 4.39 Å². The van der Waals surface area contributed by atoms with Crippen LogP contribution >= 0.6 is 23.5 Å². The number of ether oxygens (including phenoxy) is 1. The van der Waals surface area contributed by atoms with E-state index < -0.39 is 33.3 Å². The Morgan fingerprint density at radius 1 is 1.25 bits per heavy atom. The maximum Gasteiger partial charge on any atom is 0.303 e. The van der Waals surface area contributed by atoms with Gasteiger partial charge in [-0.15, -0.1) is 23.5 Å². The molecular weight excluding hydrogens is 447 g/mol. The molecule has 7 heteroatoms.